The number of nitrogens with two attached hydrogens (primary N) is 1. The molecule has 2 heteroatoms. The molecule has 0 unspecified atom stereocenters. The van der Waals surface area contributed by atoms with Crippen molar-refractivity contribution in [3.63, 3.8) is 0 Å². The van der Waals surface area contributed by atoms with Crippen molar-refractivity contribution in [2.75, 3.05) is 23.7 Å². The highest BCUT2D eigenvalue weighted by Gasteiger charge is 2.14. The maximum Gasteiger partial charge on any atom is 0.0600 e. The molecule has 2 aromatic rings. The van der Waals surface area contributed by atoms with Crippen LogP contribution in [0.2, 0.25) is 0 Å². The third kappa shape index (κ3) is 3.21. The zero-order valence-corrected chi connectivity index (χ0v) is 12.8. The molecule has 110 valence electrons. The van der Waals surface area contributed by atoms with Crippen LogP contribution in [0, 0.1) is 0 Å². The van der Waals surface area contributed by atoms with Gasteiger partial charge >= 0.3 is 0 Å². The van der Waals surface area contributed by atoms with Gasteiger partial charge in [-0.05, 0) is 54.5 Å². The largest absolute Gasteiger partial charge is 0.397 e. The molecule has 0 aliphatic carbocycles. The molecular weight excluding hydrogens is 256 g/mol. The first-order chi connectivity index (χ1) is 10.3. The number of hydrogen-bond acceptors (Lipinski definition) is 2. The van der Waals surface area contributed by atoms with E-state index in [9.17, 15) is 0 Å². The summed E-state index contributed by atoms with van der Waals surface area (Å²) in [4.78, 5) is 2.40. The van der Waals surface area contributed by atoms with Crippen molar-refractivity contribution in [1.29, 1.82) is 0 Å². The van der Waals surface area contributed by atoms with Crippen LogP contribution < -0.4 is 10.6 Å². The minimum Gasteiger partial charge on any atom is -0.397 e. The van der Waals surface area contributed by atoms with Gasteiger partial charge in [-0.15, -0.1) is 0 Å². The van der Waals surface area contributed by atoms with Crippen LogP contribution in [0.4, 0.5) is 11.4 Å². The molecule has 0 amide bonds. The third-order valence-electron chi connectivity index (χ3n) is 4.38. The van der Waals surface area contributed by atoms with E-state index in [1.54, 1.807) is 0 Å². The number of benzene rings is 2. The number of anilines is 2. The lowest BCUT2D eigenvalue weighted by Crippen LogP contribution is -2.19. The lowest BCUT2D eigenvalue weighted by atomic mass is 10.0. The van der Waals surface area contributed by atoms with Crippen molar-refractivity contribution in [1.82, 2.24) is 0 Å². The average molecular weight is 280 g/mol. The summed E-state index contributed by atoms with van der Waals surface area (Å²) in [6.07, 6.45) is 4.61. The second kappa shape index (κ2) is 6.21. The van der Waals surface area contributed by atoms with Gasteiger partial charge < -0.3 is 10.6 Å². The Kier molecular flexibility index (Phi) is 4.14. The number of nitrogen functional groups attached to an aromatic ring is 1. The van der Waals surface area contributed by atoms with E-state index in [-0.39, 0.29) is 0 Å². The topological polar surface area (TPSA) is 29.3 Å². The van der Waals surface area contributed by atoms with E-state index in [0.717, 1.165) is 31.6 Å². The lowest BCUT2D eigenvalue weighted by molar-refractivity contribution is 0.949. The monoisotopic (exact) mass is 280 g/mol. The molecule has 2 N–H and O–H groups in total. The summed E-state index contributed by atoms with van der Waals surface area (Å²) in [5, 5.41) is 0. The molecule has 0 aromatic heterocycles. The molecule has 1 fully saturated rings. The van der Waals surface area contributed by atoms with Gasteiger partial charge in [0, 0.05) is 13.1 Å². The van der Waals surface area contributed by atoms with Gasteiger partial charge in [-0.2, -0.15) is 0 Å². The highest BCUT2D eigenvalue weighted by Crippen LogP contribution is 2.28. The molecule has 2 aromatic carbocycles. The lowest BCUT2D eigenvalue weighted by Gasteiger charge is -2.20. The summed E-state index contributed by atoms with van der Waals surface area (Å²) in [5.41, 5.74) is 12.4. The Morgan fingerprint density at radius 1 is 0.905 bits per heavy atom. The highest BCUT2D eigenvalue weighted by atomic mass is 15.1. The van der Waals surface area contributed by atoms with E-state index in [1.165, 1.54) is 35.2 Å². The van der Waals surface area contributed by atoms with E-state index in [2.05, 4.69) is 54.3 Å². The summed E-state index contributed by atoms with van der Waals surface area (Å²) in [6.45, 7) is 4.47. The van der Waals surface area contributed by atoms with Gasteiger partial charge in [0.2, 0.25) is 0 Å². The Balaban J connectivity index is 1.74. The summed E-state index contributed by atoms with van der Waals surface area (Å²) >= 11 is 0. The fourth-order valence-corrected chi connectivity index (χ4v) is 3.09. The third-order valence-corrected chi connectivity index (χ3v) is 4.38. The van der Waals surface area contributed by atoms with E-state index in [0.29, 0.717) is 0 Å². The Morgan fingerprint density at radius 2 is 1.52 bits per heavy atom. The fraction of sp³-hybridized carbons (Fsp3) is 0.368. The van der Waals surface area contributed by atoms with E-state index in [1.807, 2.05) is 0 Å². The molecule has 2 nitrogen and oxygen atoms in total. The zero-order valence-electron chi connectivity index (χ0n) is 12.8. The van der Waals surface area contributed by atoms with E-state index >= 15 is 0 Å². The first kappa shape index (κ1) is 14.0. The summed E-state index contributed by atoms with van der Waals surface area (Å²) < 4.78 is 0. The molecule has 0 atom stereocenters. The molecule has 1 heterocycles. The minimum absolute atomic E-state index is 0.916. The Bertz CT molecular complexity index is 595. The number of rotatable bonds is 4. The van der Waals surface area contributed by atoms with Crippen LogP contribution in [0.15, 0.2) is 42.5 Å². The average Bonchev–Trinajstić information content (AvgIpc) is 3.02. The van der Waals surface area contributed by atoms with Crippen LogP contribution >= 0.6 is 0 Å². The quantitative estimate of drug-likeness (QED) is 0.857. The Labute approximate surface area is 127 Å². The first-order valence-electron chi connectivity index (χ1n) is 7.97. The molecule has 1 saturated heterocycles. The molecule has 1 aliphatic heterocycles. The van der Waals surface area contributed by atoms with Crippen molar-refractivity contribution in [2.45, 2.75) is 32.6 Å². The van der Waals surface area contributed by atoms with E-state index in [4.69, 9.17) is 5.73 Å². The van der Waals surface area contributed by atoms with Gasteiger partial charge in [0.05, 0.1) is 11.4 Å². The van der Waals surface area contributed by atoms with Crippen LogP contribution in [0.3, 0.4) is 0 Å². The number of hydrogen-bond donors (Lipinski definition) is 1. The second-order valence-corrected chi connectivity index (χ2v) is 5.93. The fourth-order valence-electron chi connectivity index (χ4n) is 3.09. The Hall–Kier alpha value is -1.96. The molecule has 3 rings (SSSR count). The standard InChI is InChI=1S/C19H24N2/c1-2-15-5-7-16(8-6-15)13-17-9-10-19(18(20)14-17)21-11-3-4-12-21/h5-10,14H,2-4,11-13,20H2,1H3. The van der Waals surface area contributed by atoms with Crippen LogP contribution in [0.5, 0.6) is 0 Å². The van der Waals surface area contributed by atoms with Gasteiger partial charge in [0.25, 0.3) is 0 Å². The smallest absolute Gasteiger partial charge is 0.0600 e. The van der Waals surface area contributed by atoms with Gasteiger partial charge in [-0.3, -0.25) is 0 Å². The molecule has 1 aliphatic rings. The van der Waals surface area contributed by atoms with Crippen LogP contribution in [-0.4, -0.2) is 13.1 Å². The molecule has 0 bridgehead atoms. The highest BCUT2D eigenvalue weighted by molar-refractivity contribution is 5.69. The van der Waals surface area contributed by atoms with Crippen molar-refractivity contribution in [2.24, 2.45) is 0 Å². The summed E-state index contributed by atoms with van der Waals surface area (Å²) in [6, 6.07) is 15.4. The van der Waals surface area contributed by atoms with E-state index < -0.39 is 0 Å². The number of nitrogens with zero attached hydrogens (tertiary/aromatic N) is 1. The normalized spacial score (nSPS) is 14.6. The Morgan fingerprint density at radius 3 is 2.14 bits per heavy atom. The minimum atomic E-state index is 0.916. The first-order valence-corrected chi connectivity index (χ1v) is 7.97. The van der Waals surface area contributed by atoms with Gasteiger partial charge in [0.1, 0.15) is 0 Å². The molecule has 0 saturated carbocycles. The van der Waals surface area contributed by atoms with Crippen molar-refractivity contribution >= 4 is 11.4 Å². The van der Waals surface area contributed by atoms with Crippen LogP contribution in [-0.2, 0) is 12.8 Å². The number of aryl methyl sites for hydroxylation is 1. The maximum absolute atomic E-state index is 6.26. The predicted molar refractivity (Wildman–Crippen MR) is 90.9 cm³/mol. The molecular formula is C19H24N2. The predicted octanol–water partition coefficient (Wildman–Crippen LogP) is 4.02. The van der Waals surface area contributed by atoms with Gasteiger partial charge in [0.15, 0.2) is 0 Å². The van der Waals surface area contributed by atoms with Crippen molar-refractivity contribution in [3.05, 3.63) is 59.2 Å². The molecule has 0 radical (unpaired) electrons. The maximum atomic E-state index is 6.26. The van der Waals surface area contributed by atoms with Crippen LogP contribution in [0.25, 0.3) is 0 Å². The summed E-state index contributed by atoms with van der Waals surface area (Å²) in [5.74, 6) is 0. The molecule has 0 spiro atoms. The zero-order chi connectivity index (χ0) is 14.7. The summed E-state index contributed by atoms with van der Waals surface area (Å²) in [7, 11) is 0. The second-order valence-electron chi connectivity index (χ2n) is 5.93. The van der Waals surface area contributed by atoms with Crippen LogP contribution in [0.1, 0.15) is 36.5 Å². The molecule has 21 heavy (non-hydrogen) atoms. The van der Waals surface area contributed by atoms with Gasteiger partial charge in [-0.25, -0.2) is 0 Å². The van der Waals surface area contributed by atoms with Gasteiger partial charge in [-0.1, -0.05) is 37.3 Å². The van der Waals surface area contributed by atoms with Crippen molar-refractivity contribution in [3.8, 4) is 0 Å². The SMILES string of the molecule is CCc1ccc(Cc2ccc(N3CCCC3)c(N)c2)cc1. The van der Waals surface area contributed by atoms with Crippen molar-refractivity contribution < 1.29 is 0 Å².